The zero-order valence-electron chi connectivity index (χ0n) is 11.9. The molecule has 0 aliphatic rings. The van der Waals surface area contributed by atoms with E-state index in [0.717, 1.165) is 11.3 Å². The van der Waals surface area contributed by atoms with Crippen LogP contribution in [0, 0.1) is 5.82 Å². The Balaban J connectivity index is 2.04. The topological polar surface area (TPSA) is 52.5 Å². The Hall–Kier alpha value is -2.56. The number of hydrogen-bond acceptors (Lipinski definition) is 3. The molecule has 4 nitrogen and oxygen atoms in total. The lowest BCUT2D eigenvalue weighted by Crippen LogP contribution is -2.05. The van der Waals surface area contributed by atoms with Gasteiger partial charge in [0.2, 0.25) is 0 Å². The van der Waals surface area contributed by atoms with E-state index in [4.69, 9.17) is 10.5 Å². The highest BCUT2D eigenvalue weighted by Crippen LogP contribution is 2.28. The summed E-state index contributed by atoms with van der Waals surface area (Å²) in [5, 5.41) is 0. The minimum Gasteiger partial charge on any atom is -0.491 e. The molecule has 0 amide bonds. The molecule has 0 unspecified atom stereocenters. The summed E-state index contributed by atoms with van der Waals surface area (Å²) in [6, 6.07) is 10.4. The van der Waals surface area contributed by atoms with Gasteiger partial charge in [-0.25, -0.2) is 9.37 Å². The summed E-state index contributed by atoms with van der Waals surface area (Å²) in [5.41, 5.74) is 7.68. The van der Waals surface area contributed by atoms with E-state index in [9.17, 15) is 4.39 Å². The minimum absolute atomic E-state index is 0.116. The summed E-state index contributed by atoms with van der Waals surface area (Å²) in [7, 11) is 0. The smallest absolute Gasteiger partial charge is 0.175 e. The molecular formula is C16H16FN3O. The molecule has 0 saturated carbocycles. The number of aromatic nitrogens is 2. The van der Waals surface area contributed by atoms with Gasteiger partial charge in [0.15, 0.2) is 11.5 Å². The largest absolute Gasteiger partial charge is 0.491 e. The van der Waals surface area contributed by atoms with Crippen molar-refractivity contribution in [2.24, 2.45) is 0 Å². The third kappa shape index (κ3) is 2.42. The summed E-state index contributed by atoms with van der Waals surface area (Å²) in [5.74, 6) is 0.805. The fourth-order valence-corrected chi connectivity index (χ4v) is 2.23. The van der Waals surface area contributed by atoms with Crippen molar-refractivity contribution in [1.29, 1.82) is 0 Å². The average Bonchev–Trinajstić information content (AvgIpc) is 2.78. The number of nitrogens with two attached hydrogens (primary N) is 1. The van der Waals surface area contributed by atoms with Crippen molar-refractivity contribution < 1.29 is 9.13 Å². The number of benzene rings is 1. The third-order valence-electron chi connectivity index (χ3n) is 3.14. The second-order valence-corrected chi connectivity index (χ2v) is 5.09. The highest BCUT2D eigenvalue weighted by Gasteiger charge is 2.13. The Bertz CT molecular complexity index is 778. The number of nitrogen functional groups attached to an aromatic ring is 1. The van der Waals surface area contributed by atoms with Gasteiger partial charge >= 0.3 is 0 Å². The van der Waals surface area contributed by atoms with Gasteiger partial charge in [-0.05, 0) is 50.2 Å². The van der Waals surface area contributed by atoms with E-state index in [1.165, 1.54) is 6.07 Å². The van der Waals surface area contributed by atoms with Crippen LogP contribution in [-0.2, 0) is 0 Å². The first-order valence-electron chi connectivity index (χ1n) is 6.75. The molecule has 0 spiro atoms. The normalized spacial score (nSPS) is 11.2. The monoisotopic (exact) mass is 285 g/mol. The van der Waals surface area contributed by atoms with E-state index in [2.05, 4.69) is 4.98 Å². The van der Waals surface area contributed by atoms with Crippen LogP contribution in [0.2, 0.25) is 0 Å². The van der Waals surface area contributed by atoms with E-state index in [0.29, 0.717) is 11.5 Å². The number of halogens is 1. The van der Waals surface area contributed by atoms with Gasteiger partial charge in [0.1, 0.15) is 17.3 Å². The van der Waals surface area contributed by atoms with E-state index >= 15 is 0 Å². The third-order valence-corrected chi connectivity index (χ3v) is 3.14. The number of hydrogen-bond donors (Lipinski definition) is 1. The van der Waals surface area contributed by atoms with Gasteiger partial charge < -0.3 is 10.5 Å². The summed E-state index contributed by atoms with van der Waals surface area (Å²) in [4.78, 5) is 4.29. The summed E-state index contributed by atoms with van der Waals surface area (Å²) in [6.45, 7) is 3.94. The number of anilines is 1. The van der Waals surface area contributed by atoms with Crippen LogP contribution in [-0.4, -0.2) is 15.5 Å². The Kier molecular flexibility index (Phi) is 3.25. The quantitative estimate of drug-likeness (QED) is 0.801. The number of rotatable bonds is 3. The maximum atomic E-state index is 13.7. The SMILES string of the molecule is CC(C)Oc1ccc(-c2nc3c(F)cccn3c2N)cc1. The number of fused-ring (bicyclic) bond motifs is 1. The molecule has 2 heterocycles. The van der Waals surface area contributed by atoms with Crippen LogP contribution in [0.5, 0.6) is 5.75 Å². The molecule has 21 heavy (non-hydrogen) atoms. The van der Waals surface area contributed by atoms with E-state index in [1.54, 1.807) is 16.7 Å². The van der Waals surface area contributed by atoms with Crippen molar-refractivity contribution in [3.05, 3.63) is 48.4 Å². The number of imidazole rings is 1. The van der Waals surface area contributed by atoms with Crippen LogP contribution in [0.3, 0.4) is 0 Å². The van der Waals surface area contributed by atoms with E-state index in [-0.39, 0.29) is 11.8 Å². The molecule has 0 bridgehead atoms. The van der Waals surface area contributed by atoms with Crippen LogP contribution in [0.25, 0.3) is 16.9 Å². The molecule has 3 aromatic rings. The van der Waals surface area contributed by atoms with Crippen molar-refractivity contribution in [3.63, 3.8) is 0 Å². The molecular weight excluding hydrogens is 269 g/mol. The predicted molar refractivity (Wildman–Crippen MR) is 80.8 cm³/mol. The summed E-state index contributed by atoms with van der Waals surface area (Å²) in [6.07, 6.45) is 1.81. The first-order chi connectivity index (χ1) is 10.1. The predicted octanol–water partition coefficient (Wildman–Crippen LogP) is 3.51. The van der Waals surface area contributed by atoms with Gasteiger partial charge in [-0.15, -0.1) is 0 Å². The molecule has 0 atom stereocenters. The fourth-order valence-electron chi connectivity index (χ4n) is 2.23. The van der Waals surface area contributed by atoms with E-state index in [1.807, 2.05) is 38.1 Å². The van der Waals surface area contributed by atoms with Gasteiger partial charge in [-0.1, -0.05) is 0 Å². The maximum absolute atomic E-state index is 13.7. The molecule has 0 aliphatic carbocycles. The van der Waals surface area contributed by atoms with E-state index < -0.39 is 5.82 Å². The fraction of sp³-hybridized carbons (Fsp3) is 0.188. The Morgan fingerprint density at radius 3 is 2.52 bits per heavy atom. The molecule has 0 saturated heterocycles. The number of pyridine rings is 1. The standard InChI is InChI=1S/C16H16FN3O/c1-10(2)21-12-7-5-11(6-8-12)14-15(18)20-9-3-4-13(17)16(20)19-14/h3-10H,18H2,1-2H3. The number of ether oxygens (including phenoxy) is 1. The molecule has 3 rings (SSSR count). The van der Waals surface area contributed by atoms with Gasteiger partial charge in [0.05, 0.1) is 6.10 Å². The van der Waals surface area contributed by atoms with Gasteiger partial charge in [0, 0.05) is 11.8 Å². The first kappa shape index (κ1) is 13.4. The van der Waals surface area contributed by atoms with Crippen LogP contribution >= 0.6 is 0 Å². The van der Waals surface area contributed by atoms with Crippen molar-refractivity contribution >= 4 is 11.5 Å². The zero-order chi connectivity index (χ0) is 15.0. The average molecular weight is 285 g/mol. The van der Waals surface area contributed by atoms with Crippen molar-refractivity contribution in [2.75, 3.05) is 5.73 Å². The van der Waals surface area contributed by atoms with Crippen LogP contribution in [0.15, 0.2) is 42.6 Å². The molecule has 0 fully saturated rings. The molecule has 0 radical (unpaired) electrons. The summed E-state index contributed by atoms with van der Waals surface area (Å²) < 4.78 is 20.9. The molecule has 1 aromatic carbocycles. The number of nitrogens with zero attached hydrogens (tertiary/aromatic N) is 2. The first-order valence-corrected chi connectivity index (χ1v) is 6.75. The molecule has 108 valence electrons. The lowest BCUT2D eigenvalue weighted by atomic mass is 10.1. The minimum atomic E-state index is -0.393. The Labute approximate surface area is 122 Å². The van der Waals surface area contributed by atoms with Crippen molar-refractivity contribution in [1.82, 2.24) is 9.38 Å². The van der Waals surface area contributed by atoms with Gasteiger partial charge in [0.25, 0.3) is 0 Å². The highest BCUT2D eigenvalue weighted by molar-refractivity contribution is 5.75. The van der Waals surface area contributed by atoms with Crippen molar-refractivity contribution in [3.8, 4) is 17.0 Å². The van der Waals surface area contributed by atoms with Gasteiger partial charge in [-0.3, -0.25) is 4.40 Å². The lowest BCUT2D eigenvalue weighted by molar-refractivity contribution is 0.242. The Morgan fingerprint density at radius 1 is 1.19 bits per heavy atom. The summed E-state index contributed by atoms with van der Waals surface area (Å²) >= 11 is 0. The molecule has 5 heteroatoms. The molecule has 0 aliphatic heterocycles. The van der Waals surface area contributed by atoms with Crippen LogP contribution in [0.1, 0.15) is 13.8 Å². The molecule has 2 N–H and O–H groups in total. The van der Waals surface area contributed by atoms with Crippen LogP contribution in [0.4, 0.5) is 10.2 Å². The Morgan fingerprint density at radius 2 is 1.90 bits per heavy atom. The van der Waals surface area contributed by atoms with Crippen LogP contribution < -0.4 is 10.5 Å². The molecule has 2 aromatic heterocycles. The highest BCUT2D eigenvalue weighted by atomic mass is 19.1. The lowest BCUT2D eigenvalue weighted by Gasteiger charge is -2.09. The maximum Gasteiger partial charge on any atom is 0.175 e. The van der Waals surface area contributed by atoms with Gasteiger partial charge in [-0.2, -0.15) is 0 Å². The van der Waals surface area contributed by atoms with Crippen molar-refractivity contribution in [2.45, 2.75) is 20.0 Å². The second-order valence-electron chi connectivity index (χ2n) is 5.09. The zero-order valence-corrected chi connectivity index (χ0v) is 11.9. The second kappa shape index (κ2) is 5.09.